The van der Waals surface area contributed by atoms with Crippen molar-refractivity contribution in [1.82, 2.24) is 35.5 Å². The maximum absolute atomic E-state index is 5.42. The number of hydrogen-bond donors (Lipinski definition) is 3. The van der Waals surface area contributed by atoms with Gasteiger partial charge >= 0.3 is 0 Å². The van der Waals surface area contributed by atoms with E-state index in [1.165, 1.54) is 0 Å². The van der Waals surface area contributed by atoms with Gasteiger partial charge in [-0.2, -0.15) is 5.10 Å². The van der Waals surface area contributed by atoms with Crippen LogP contribution < -0.4 is 10.1 Å². The smallest absolute Gasteiger partial charge is 0.161 e. The molecule has 0 aliphatic rings. The molecule has 0 aliphatic carbocycles. The first kappa shape index (κ1) is 21.9. The van der Waals surface area contributed by atoms with Crippen LogP contribution in [0.3, 0.4) is 0 Å². The van der Waals surface area contributed by atoms with Crippen molar-refractivity contribution in [3.05, 3.63) is 78.6 Å². The van der Waals surface area contributed by atoms with Crippen LogP contribution >= 0.6 is 0 Å². The average Bonchev–Trinajstić information content (AvgIpc) is 3.55. The monoisotopic (exact) mass is 475 g/mol. The molecule has 0 unspecified atom stereocenters. The van der Waals surface area contributed by atoms with Crippen molar-refractivity contribution in [1.29, 1.82) is 0 Å². The molecule has 3 N–H and O–H groups in total. The van der Waals surface area contributed by atoms with Crippen molar-refractivity contribution in [3.8, 4) is 39.7 Å². The summed E-state index contributed by atoms with van der Waals surface area (Å²) in [7, 11) is 1.67. The molecule has 4 aromatic heterocycles. The van der Waals surface area contributed by atoms with Crippen LogP contribution in [0.15, 0.2) is 73.1 Å². The van der Waals surface area contributed by atoms with Crippen LogP contribution in [0.4, 0.5) is 0 Å². The first-order chi connectivity index (χ1) is 17.7. The Morgan fingerprint density at radius 3 is 2.69 bits per heavy atom. The number of fused-ring (bicyclic) bond motifs is 2. The van der Waals surface area contributed by atoms with Crippen molar-refractivity contribution in [2.45, 2.75) is 13.5 Å². The Kier molecular flexibility index (Phi) is 5.63. The predicted molar refractivity (Wildman–Crippen MR) is 142 cm³/mol. The molecule has 0 saturated heterocycles. The van der Waals surface area contributed by atoms with Crippen molar-refractivity contribution in [2.24, 2.45) is 0 Å². The molecule has 178 valence electrons. The summed E-state index contributed by atoms with van der Waals surface area (Å²) in [6, 6.07) is 20.2. The molecule has 6 aromatic rings. The van der Waals surface area contributed by atoms with Crippen LogP contribution in [0.25, 0.3) is 56.0 Å². The lowest BCUT2D eigenvalue weighted by Crippen LogP contribution is -2.11. The van der Waals surface area contributed by atoms with Crippen LogP contribution in [-0.4, -0.2) is 43.8 Å². The van der Waals surface area contributed by atoms with Crippen molar-refractivity contribution in [2.75, 3.05) is 13.7 Å². The number of aromatic amines is 2. The lowest BCUT2D eigenvalue weighted by atomic mass is 10.0. The van der Waals surface area contributed by atoms with Gasteiger partial charge in [0.05, 0.1) is 29.4 Å². The minimum Gasteiger partial charge on any atom is -0.497 e. The minimum absolute atomic E-state index is 0.662. The van der Waals surface area contributed by atoms with E-state index >= 15 is 0 Å². The first-order valence-electron chi connectivity index (χ1n) is 11.9. The van der Waals surface area contributed by atoms with E-state index in [9.17, 15) is 0 Å². The number of hydrogen-bond acceptors (Lipinski definition) is 6. The Balaban J connectivity index is 1.43. The number of pyridine rings is 2. The van der Waals surface area contributed by atoms with Gasteiger partial charge < -0.3 is 15.0 Å². The largest absolute Gasteiger partial charge is 0.497 e. The van der Waals surface area contributed by atoms with E-state index in [1.54, 1.807) is 7.11 Å². The molecule has 0 radical (unpaired) electrons. The number of aromatic nitrogens is 6. The standard InChI is InChI=1S/C28H25N7O/c1-3-29-14-17-12-19(16-30-15-17)22-10-11-24-26(31-22)27(35-34-24)28-32-23-9-5-8-21(25(23)33-28)18-6-4-7-20(13-18)36-2/h4-13,15-16,29H,3,14H2,1-2H3,(H,32,33)(H,34,35). The highest BCUT2D eigenvalue weighted by molar-refractivity contribution is 5.96. The predicted octanol–water partition coefficient (Wildman–Crippen LogP) is 5.35. The third-order valence-electron chi connectivity index (χ3n) is 6.20. The third-order valence-corrected chi connectivity index (χ3v) is 6.20. The summed E-state index contributed by atoms with van der Waals surface area (Å²) >= 11 is 0. The highest BCUT2D eigenvalue weighted by Crippen LogP contribution is 2.33. The van der Waals surface area contributed by atoms with E-state index in [-0.39, 0.29) is 0 Å². The van der Waals surface area contributed by atoms with E-state index < -0.39 is 0 Å². The molecule has 2 aromatic carbocycles. The maximum atomic E-state index is 5.42. The number of benzene rings is 2. The fourth-order valence-corrected chi connectivity index (χ4v) is 4.39. The van der Waals surface area contributed by atoms with Gasteiger partial charge in [-0.25, -0.2) is 9.97 Å². The molecule has 36 heavy (non-hydrogen) atoms. The summed E-state index contributed by atoms with van der Waals surface area (Å²) < 4.78 is 5.42. The molecule has 0 saturated carbocycles. The molecular weight excluding hydrogens is 450 g/mol. The van der Waals surface area contributed by atoms with Crippen molar-refractivity contribution in [3.63, 3.8) is 0 Å². The molecule has 0 bridgehead atoms. The number of nitrogens with one attached hydrogen (secondary N) is 3. The highest BCUT2D eigenvalue weighted by atomic mass is 16.5. The second-order valence-electron chi connectivity index (χ2n) is 8.55. The number of imidazole rings is 1. The van der Waals surface area contributed by atoms with E-state index in [0.717, 1.165) is 68.9 Å². The van der Waals surface area contributed by atoms with Crippen LogP contribution in [0.5, 0.6) is 5.75 Å². The Labute approximate surface area is 207 Å². The summed E-state index contributed by atoms with van der Waals surface area (Å²) in [6.07, 6.45) is 3.72. The van der Waals surface area contributed by atoms with Crippen molar-refractivity contribution < 1.29 is 4.74 Å². The molecule has 0 fully saturated rings. The summed E-state index contributed by atoms with van der Waals surface area (Å²) in [5.41, 5.74) is 9.05. The molecule has 8 nitrogen and oxygen atoms in total. The molecule has 0 aliphatic heterocycles. The summed E-state index contributed by atoms with van der Waals surface area (Å²) in [5, 5.41) is 11.0. The van der Waals surface area contributed by atoms with Crippen molar-refractivity contribution >= 4 is 22.1 Å². The van der Waals surface area contributed by atoms with Gasteiger partial charge in [0.2, 0.25) is 0 Å². The van der Waals surface area contributed by atoms with Gasteiger partial charge in [-0.15, -0.1) is 0 Å². The van der Waals surface area contributed by atoms with E-state index in [2.05, 4.69) is 50.6 Å². The van der Waals surface area contributed by atoms with E-state index in [1.807, 2.05) is 54.9 Å². The molecule has 8 heteroatoms. The fraction of sp³-hybridized carbons (Fsp3) is 0.143. The van der Waals surface area contributed by atoms with Crippen LogP contribution in [0, 0.1) is 0 Å². The van der Waals surface area contributed by atoms with Gasteiger partial charge in [0, 0.05) is 30.1 Å². The summed E-state index contributed by atoms with van der Waals surface area (Å²) in [5.74, 6) is 1.47. The zero-order valence-electron chi connectivity index (χ0n) is 20.0. The fourth-order valence-electron chi connectivity index (χ4n) is 4.39. The van der Waals surface area contributed by atoms with Gasteiger partial charge in [-0.3, -0.25) is 10.1 Å². The maximum Gasteiger partial charge on any atom is 0.161 e. The van der Waals surface area contributed by atoms with Gasteiger partial charge in [0.1, 0.15) is 11.3 Å². The number of para-hydroxylation sites is 1. The quantitative estimate of drug-likeness (QED) is 0.288. The van der Waals surface area contributed by atoms with Gasteiger partial charge in [0.25, 0.3) is 0 Å². The molecular formula is C28H25N7O. The molecule has 0 amide bonds. The molecule has 6 rings (SSSR count). The molecule has 0 atom stereocenters. The summed E-state index contributed by atoms with van der Waals surface area (Å²) in [6.45, 7) is 3.76. The lowest BCUT2D eigenvalue weighted by molar-refractivity contribution is 0.415. The SMILES string of the molecule is CCNCc1cncc(-c2ccc3[nH]nc(-c4nc5c(-c6cccc(OC)c6)cccc5[nH]4)c3n2)c1. The second kappa shape index (κ2) is 9.24. The number of methoxy groups -OCH3 is 1. The van der Waals surface area contributed by atoms with Gasteiger partial charge in [0.15, 0.2) is 11.5 Å². The number of ether oxygens (including phenoxy) is 1. The Morgan fingerprint density at radius 2 is 1.81 bits per heavy atom. The normalized spacial score (nSPS) is 11.4. The number of H-pyrrole nitrogens is 2. The summed E-state index contributed by atoms with van der Waals surface area (Å²) in [4.78, 5) is 17.7. The number of rotatable bonds is 7. The van der Waals surface area contributed by atoms with Crippen LogP contribution in [0.2, 0.25) is 0 Å². The Bertz CT molecular complexity index is 1680. The highest BCUT2D eigenvalue weighted by Gasteiger charge is 2.17. The molecule has 4 heterocycles. The number of nitrogens with zero attached hydrogens (tertiary/aromatic N) is 4. The second-order valence-corrected chi connectivity index (χ2v) is 8.55. The Hall–Kier alpha value is -4.56. The third kappa shape index (κ3) is 3.97. The zero-order valence-corrected chi connectivity index (χ0v) is 20.0. The Morgan fingerprint density at radius 1 is 0.889 bits per heavy atom. The lowest BCUT2D eigenvalue weighted by Gasteiger charge is -2.05. The first-order valence-corrected chi connectivity index (χ1v) is 11.9. The average molecular weight is 476 g/mol. The zero-order chi connectivity index (χ0) is 24.5. The minimum atomic E-state index is 0.662. The molecule has 0 spiro atoms. The van der Waals surface area contributed by atoms with Gasteiger partial charge in [-0.1, -0.05) is 31.2 Å². The topological polar surface area (TPSA) is 104 Å². The van der Waals surface area contributed by atoms with Crippen LogP contribution in [-0.2, 0) is 6.54 Å². The van der Waals surface area contributed by atoms with Gasteiger partial charge in [-0.05, 0) is 54.1 Å². The van der Waals surface area contributed by atoms with E-state index in [0.29, 0.717) is 11.5 Å². The van der Waals surface area contributed by atoms with E-state index in [4.69, 9.17) is 14.7 Å². The van der Waals surface area contributed by atoms with Crippen LogP contribution in [0.1, 0.15) is 12.5 Å².